The maximum atomic E-state index is 8.64. The van der Waals surface area contributed by atoms with Crippen LogP contribution in [0, 0.1) is 0 Å². The number of thiophene rings is 1. The SMILES string of the molecule is O.Oc1cscc1Cl. The molecule has 0 aromatic carbocycles. The van der Waals surface area contributed by atoms with Gasteiger partial charge in [-0.25, -0.2) is 0 Å². The zero-order valence-electron chi connectivity index (χ0n) is 3.89. The fourth-order valence-corrected chi connectivity index (χ4v) is 1.11. The molecule has 1 heterocycles. The van der Waals surface area contributed by atoms with Gasteiger partial charge in [-0.1, -0.05) is 11.6 Å². The van der Waals surface area contributed by atoms with Crippen molar-refractivity contribution in [1.29, 1.82) is 0 Å². The van der Waals surface area contributed by atoms with Gasteiger partial charge in [0.2, 0.25) is 0 Å². The fourth-order valence-electron chi connectivity index (χ4n) is 0.275. The van der Waals surface area contributed by atoms with Crippen molar-refractivity contribution in [3.05, 3.63) is 15.8 Å². The lowest BCUT2D eigenvalue weighted by molar-refractivity contribution is 0.478. The highest BCUT2D eigenvalue weighted by Gasteiger charge is 1.93. The van der Waals surface area contributed by atoms with E-state index >= 15 is 0 Å². The van der Waals surface area contributed by atoms with E-state index < -0.39 is 0 Å². The number of hydrogen-bond donors (Lipinski definition) is 1. The highest BCUT2D eigenvalue weighted by Crippen LogP contribution is 2.25. The lowest BCUT2D eigenvalue weighted by Gasteiger charge is -1.77. The van der Waals surface area contributed by atoms with Gasteiger partial charge in [-0.2, -0.15) is 0 Å². The molecule has 0 amide bonds. The second-order valence-electron chi connectivity index (χ2n) is 1.10. The van der Waals surface area contributed by atoms with E-state index in [1.54, 1.807) is 10.8 Å². The van der Waals surface area contributed by atoms with Crippen LogP contribution in [0.1, 0.15) is 0 Å². The predicted octanol–water partition coefficient (Wildman–Crippen LogP) is 1.28. The summed E-state index contributed by atoms with van der Waals surface area (Å²) in [6.45, 7) is 0. The summed E-state index contributed by atoms with van der Waals surface area (Å²) < 4.78 is 0. The Morgan fingerprint density at radius 3 is 2.25 bits per heavy atom. The average Bonchev–Trinajstić information content (AvgIpc) is 1.91. The molecule has 0 radical (unpaired) electrons. The van der Waals surface area contributed by atoms with Gasteiger partial charge < -0.3 is 10.6 Å². The summed E-state index contributed by atoms with van der Waals surface area (Å²) in [6.07, 6.45) is 0. The van der Waals surface area contributed by atoms with Crippen LogP contribution in [0.3, 0.4) is 0 Å². The molecule has 3 N–H and O–H groups in total. The molecule has 1 aromatic heterocycles. The predicted molar refractivity (Wildman–Crippen MR) is 34.6 cm³/mol. The molecule has 0 aliphatic rings. The van der Waals surface area contributed by atoms with Crippen molar-refractivity contribution in [3.8, 4) is 5.75 Å². The van der Waals surface area contributed by atoms with E-state index in [0.29, 0.717) is 5.02 Å². The molecule has 0 spiro atoms. The summed E-state index contributed by atoms with van der Waals surface area (Å²) in [5.74, 6) is 0.173. The first-order chi connectivity index (χ1) is 3.30. The maximum absolute atomic E-state index is 8.64. The second kappa shape index (κ2) is 2.91. The Kier molecular flexibility index (Phi) is 2.82. The lowest BCUT2D eigenvalue weighted by Crippen LogP contribution is -1.48. The van der Waals surface area contributed by atoms with Crippen molar-refractivity contribution in [2.45, 2.75) is 0 Å². The molecule has 8 heavy (non-hydrogen) atoms. The lowest BCUT2D eigenvalue weighted by atomic mass is 10.6. The standard InChI is InChI=1S/C4H3ClOS.H2O/c5-3-1-7-2-4(3)6;/h1-2,6H;1H2. The fraction of sp³-hybridized carbons (Fsp3) is 0. The van der Waals surface area contributed by atoms with Crippen molar-refractivity contribution >= 4 is 22.9 Å². The minimum atomic E-state index is 0. The first-order valence-corrected chi connectivity index (χ1v) is 3.03. The van der Waals surface area contributed by atoms with Crippen molar-refractivity contribution in [3.63, 3.8) is 0 Å². The Hall–Kier alpha value is -0.250. The van der Waals surface area contributed by atoms with Gasteiger partial charge >= 0.3 is 0 Å². The molecule has 0 fully saturated rings. The zero-order valence-corrected chi connectivity index (χ0v) is 5.46. The van der Waals surface area contributed by atoms with Crippen molar-refractivity contribution < 1.29 is 10.6 Å². The Labute approximate surface area is 55.7 Å². The molecular weight excluding hydrogens is 148 g/mol. The topological polar surface area (TPSA) is 51.7 Å². The molecule has 46 valence electrons. The minimum Gasteiger partial charge on any atom is -0.506 e. The highest BCUT2D eigenvalue weighted by atomic mass is 35.5. The molecule has 1 aromatic rings. The average molecular weight is 153 g/mol. The Bertz CT molecular complexity index is 146. The van der Waals surface area contributed by atoms with Gasteiger partial charge in [0.05, 0.1) is 5.02 Å². The largest absolute Gasteiger partial charge is 0.506 e. The van der Waals surface area contributed by atoms with E-state index in [0.717, 1.165) is 0 Å². The van der Waals surface area contributed by atoms with Crippen LogP contribution in [0.25, 0.3) is 0 Å². The second-order valence-corrected chi connectivity index (χ2v) is 2.26. The van der Waals surface area contributed by atoms with E-state index in [1.807, 2.05) is 0 Å². The molecule has 0 saturated heterocycles. The van der Waals surface area contributed by atoms with E-state index in [2.05, 4.69) is 0 Å². The summed E-state index contributed by atoms with van der Waals surface area (Å²) in [4.78, 5) is 0. The monoisotopic (exact) mass is 152 g/mol. The van der Waals surface area contributed by atoms with Crippen LogP contribution in [-0.2, 0) is 0 Å². The van der Waals surface area contributed by atoms with Crippen LogP contribution in [0.2, 0.25) is 5.02 Å². The molecule has 0 saturated carbocycles. The molecule has 0 unspecified atom stereocenters. The summed E-state index contributed by atoms with van der Waals surface area (Å²) in [7, 11) is 0. The highest BCUT2D eigenvalue weighted by molar-refractivity contribution is 7.08. The molecular formula is C4H5ClO2S. The summed E-state index contributed by atoms with van der Waals surface area (Å²) >= 11 is 6.77. The van der Waals surface area contributed by atoms with Crippen LogP contribution in [0.5, 0.6) is 5.75 Å². The van der Waals surface area contributed by atoms with Gasteiger partial charge in [0.1, 0.15) is 5.75 Å². The van der Waals surface area contributed by atoms with Crippen LogP contribution in [-0.4, -0.2) is 10.6 Å². The number of halogens is 1. The van der Waals surface area contributed by atoms with E-state index in [1.165, 1.54) is 11.3 Å². The molecule has 0 bridgehead atoms. The molecule has 4 heteroatoms. The summed E-state index contributed by atoms with van der Waals surface area (Å²) in [6, 6.07) is 0. The van der Waals surface area contributed by atoms with Gasteiger partial charge in [0, 0.05) is 10.8 Å². The molecule has 0 aliphatic carbocycles. The molecule has 0 atom stereocenters. The maximum Gasteiger partial charge on any atom is 0.144 e. The molecule has 2 nitrogen and oxygen atoms in total. The summed E-state index contributed by atoms with van der Waals surface area (Å²) in [5, 5.41) is 12.3. The summed E-state index contributed by atoms with van der Waals surface area (Å²) in [5.41, 5.74) is 0. The van der Waals surface area contributed by atoms with E-state index in [-0.39, 0.29) is 11.2 Å². The number of hydrogen-bond acceptors (Lipinski definition) is 2. The van der Waals surface area contributed by atoms with Crippen molar-refractivity contribution in [2.75, 3.05) is 0 Å². The first-order valence-electron chi connectivity index (χ1n) is 1.71. The third-order valence-electron chi connectivity index (χ3n) is 0.596. The third kappa shape index (κ3) is 1.36. The quantitative estimate of drug-likeness (QED) is 0.598. The van der Waals surface area contributed by atoms with Gasteiger partial charge in [-0.3, -0.25) is 0 Å². The van der Waals surface area contributed by atoms with Crippen LogP contribution < -0.4 is 0 Å². The smallest absolute Gasteiger partial charge is 0.144 e. The van der Waals surface area contributed by atoms with Gasteiger partial charge in [0.25, 0.3) is 0 Å². The number of rotatable bonds is 0. The van der Waals surface area contributed by atoms with Gasteiger partial charge in [-0.15, -0.1) is 11.3 Å². The van der Waals surface area contributed by atoms with Gasteiger partial charge in [0.15, 0.2) is 0 Å². The Balaban J connectivity index is 0.000000490. The Morgan fingerprint density at radius 2 is 2.12 bits per heavy atom. The normalized spacial score (nSPS) is 8.12. The third-order valence-corrected chi connectivity index (χ3v) is 1.76. The molecule has 0 aliphatic heterocycles. The van der Waals surface area contributed by atoms with Crippen molar-refractivity contribution in [1.82, 2.24) is 0 Å². The van der Waals surface area contributed by atoms with Gasteiger partial charge in [-0.05, 0) is 0 Å². The zero-order chi connectivity index (χ0) is 5.28. The Morgan fingerprint density at radius 1 is 1.50 bits per heavy atom. The van der Waals surface area contributed by atoms with Crippen LogP contribution in [0.4, 0.5) is 0 Å². The molecule has 1 rings (SSSR count). The van der Waals surface area contributed by atoms with Crippen LogP contribution in [0.15, 0.2) is 10.8 Å². The first kappa shape index (κ1) is 7.75. The van der Waals surface area contributed by atoms with Crippen LogP contribution >= 0.6 is 22.9 Å². The minimum absolute atomic E-state index is 0. The number of aromatic hydroxyl groups is 1. The van der Waals surface area contributed by atoms with Crippen molar-refractivity contribution in [2.24, 2.45) is 0 Å². The van der Waals surface area contributed by atoms with E-state index in [9.17, 15) is 0 Å². The van der Waals surface area contributed by atoms with E-state index in [4.69, 9.17) is 16.7 Å².